The molecule has 1 atom stereocenters. The highest BCUT2D eigenvalue weighted by atomic mass is 29.3. The summed E-state index contributed by atoms with van der Waals surface area (Å²) in [5.74, 6) is 0. The molecule has 0 aromatic rings. The molecule has 14 heavy (non-hydrogen) atoms. The van der Waals surface area contributed by atoms with Crippen LogP contribution in [0, 0.1) is 0 Å². The van der Waals surface area contributed by atoms with Crippen LogP contribution in [0.5, 0.6) is 0 Å². The average molecular weight is 263 g/mol. The minimum Gasteiger partial charge on any atom is -0.459 e. The zero-order valence-corrected chi connectivity index (χ0v) is 15.1. The molecule has 0 aliphatic rings. The molecule has 82 valence electrons. The highest BCUT2D eigenvalue weighted by molar-refractivity contribution is 7.33. The highest BCUT2D eigenvalue weighted by Gasteiger charge is 2.38. The lowest BCUT2D eigenvalue weighted by Gasteiger charge is -2.33. The molecule has 0 heterocycles. The fourth-order valence-electron chi connectivity index (χ4n) is 1.37. The van der Waals surface area contributed by atoms with E-state index in [-0.39, 0.29) is 0 Å². The Hall–Kier alpha value is 0.268. The maximum absolute atomic E-state index is 6.17. The van der Waals surface area contributed by atoms with Gasteiger partial charge in [0.05, 0.1) is 0 Å². The van der Waals surface area contributed by atoms with Gasteiger partial charge in [-0.25, -0.2) is 0 Å². The van der Waals surface area contributed by atoms with E-state index in [1.807, 2.05) is 11.4 Å². The predicted octanol–water partition coefficient (Wildman–Crippen LogP) is 0.963. The molecule has 6 heteroatoms. The van der Waals surface area contributed by atoms with Crippen LogP contribution < -0.4 is 0 Å². The van der Waals surface area contributed by atoms with Crippen molar-refractivity contribution in [1.82, 2.24) is 0 Å². The van der Waals surface area contributed by atoms with Gasteiger partial charge in [-0.2, -0.15) is 0 Å². The van der Waals surface area contributed by atoms with Crippen LogP contribution >= 0.6 is 0 Å². The van der Waals surface area contributed by atoms with E-state index in [0.29, 0.717) is 0 Å². The van der Waals surface area contributed by atoms with E-state index in [4.69, 9.17) is 8.23 Å². The van der Waals surface area contributed by atoms with Gasteiger partial charge in [-0.15, -0.1) is 13.2 Å². The van der Waals surface area contributed by atoms with Gasteiger partial charge in [0, 0.05) is 0 Å². The first-order valence-corrected chi connectivity index (χ1v) is 14.5. The van der Waals surface area contributed by atoms with Crippen molar-refractivity contribution in [2.24, 2.45) is 0 Å². The van der Waals surface area contributed by atoms with Crippen molar-refractivity contribution in [3.05, 3.63) is 24.6 Å². The zero-order chi connectivity index (χ0) is 11.4. The van der Waals surface area contributed by atoms with Crippen molar-refractivity contribution >= 4 is 35.2 Å². The van der Waals surface area contributed by atoms with Crippen LogP contribution in [0.1, 0.15) is 0 Å². The van der Waals surface area contributed by atoms with Gasteiger partial charge in [-0.3, -0.25) is 0 Å². The van der Waals surface area contributed by atoms with Crippen molar-refractivity contribution in [3.8, 4) is 0 Å². The van der Waals surface area contributed by atoms with Gasteiger partial charge < -0.3 is 8.23 Å². The summed E-state index contributed by atoms with van der Waals surface area (Å²) >= 11 is 0. The Morgan fingerprint density at radius 2 is 1.64 bits per heavy atom. The molecule has 0 aromatic heterocycles. The Bertz CT molecular complexity index is 204. The maximum atomic E-state index is 6.17. The van der Waals surface area contributed by atoms with Gasteiger partial charge in [0.1, 0.15) is 10.5 Å². The topological polar surface area (TPSA) is 18.5 Å². The fraction of sp³-hybridized carbons (Fsp3) is 0.500. The number of hydrogen-bond donors (Lipinski definition) is 0. The van der Waals surface area contributed by atoms with Gasteiger partial charge in [-0.1, -0.05) is 11.4 Å². The Morgan fingerprint density at radius 3 is 1.86 bits per heavy atom. The van der Waals surface area contributed by atoms with Gasteiger partial charge in [0.25, 0.3) is 0 Å². The molecule has 0 aliphatic carbocycles. The number of rotatable bonds is 6. The van der Waals surface area contributed by atoms with Gasteiger partial charge in [0.15, 0.2) is 16.9 Å². The monoisotopic (exact) mass is 262 g/mol. The second-order valence-electron chi connectivity index (χ2n) is 4.34. The Kier molecular flexibility index (Phi) is 5.48. The molecule has 0 spiro atoms. The third-order valence-corrected chi connectivity index (χ3v) is 20.2. The van der Waals surface area contributed by atoms with E-state index in [1.165, 1.54) is 0 Å². The van der Waals surface area contributed by atoms with Crippen LogP contribution in [0.4, 0.5) is 0 Å². The summed E-state index contributed by atoms with van der Waals surface area (Å²) in [5, 5.41) is 0. The molecule has 0 saturated heterocycles. The molecule has 0 rings (SSSR count). The standard InChI is InChI=1S/C8H22O2Si4/c1-7-14(8-2,9-11)12(3)10-13(4,5)6/h7-8,12H,1-2H2,3-6,11H3. The summed E-state index contributed by atoms with van der Waals surface area (Å²) in [5.41, 5.74) is 3.95. The average Bonchev–Trinajstić information content (AvgIpc) is 2.05. The Morgan fingerprint density at radius 1 is 1.21 bits per heavy atom. The molecular formula is C8H22O2Si4. The van der Waals surface area contributed by atoms with Crippen molar-refractivity contribution < 1.29 is 8.23 Å². The summed E-state index contributed by atoms with van der Waals surface area (Å²) < 4.78 is 11.9. The van der Waals surface area contributed by atoms with E-state index < -0.39 is 24.7 Å². The first-order chi connectivity index (χ1) is 6.31. The highest BCUT2D eigenvalue weighted by Crippen LogP contribution is 2.16. The van der Waals surface area contributed by atoms with Crippen LogP contribution in [0.3, 0.4) is 0 Å². The van der Waals surface area contributed by atoms with Crippen LogP contribution in [-0.4, -0.2) is 35.2 Å². The third-order valence-electron chi connectivity index (χ3n) is 2.16. The quantitative estimate of drug-likeness (QED) is 0.664. The lowest BCUT2D eigenvalue weighted by Crippen LogP contribution is -2.54. The summed E-state index contributed by atoms with van der Waals surface area (Å²) in [6, 6.07) is 0. The van der Waals surface area contributed by atoms with E-state index in [1.54, 1.807) is 0 Å². The van der Waals surface area contributed by atoms with E-state index in [2.05, 4.69) is 39.3 Å². The molecular weight excluding hydrogens is 240 g/mol. The van der Waals surface area contributed by atoms with E-state index in [9.17, 15) is 0 Å². The second kappa shape index (κ2) is 5.38. The van der Waals surface area contributed by atoms with Crippen LogP contribution in [0.25, 0.3) is 0 Å². The van der Waals surface area contributed by atoms with Crippen molar-refractivity contribution in [3.63, 3.8) is 0 Å². The third kappa shape index (κ3) is 3.79. The predicted molar refractivity (Wildman–Crippen MR) is 74.6 cm³/mol. The number of hydrogen-bond acceptors (Lipinski definition) is 2. The molecule has 0 bridgehead atoms. The van der Waals surface area contributed by atoms with Crippen LogP contribution in [0.15, 0.2) is 24.6 Å². The molecule has 0 saturated carbocycles. The normalized spacial score (nSPS) is 15.1. The maximum Gasteiger partial charge on any atom is 0.240 e. The van der Waals surface area contributed by atoms with Crippen molar-refractivity contribution in [2.75, 3.05) is 0 Å². The minimum atomic E-state index is -1.89. The summed E-state index contributed by atoms with van der Waals surface area (Å²) in [4.78, 5) is 0. The Balaban J connectivity index is 4.68. The first-order valence-electron chi connectivity index (χ1n) is 4.81. The second-order valence-corrected chi connectivity index (χ2v) is 20.1. The molecule has 0 N–H and O–H groups in total. The van der Waals surface area contributed by atoms with Gasteiger partial charge in [-0.05, 0) is 26.2 Å². The largest absolute Gasteiger partial charge is 0.459 e. The zero-order valence-electron chi connectivity index (χ0n) is 9.96. The Labute approximate surface area is 94.3 Å². The molecule has 0 aliphatic heterocycles. The molecule has 1 unspecified atom stereocenters. The van der Waals surface area contributed by atoms with E-state index >= 15 is 0 Å². The molecule has 0 radical (unpaired) electrons. The molecule has 0 fully saturated rings. The fourth-order valence-corrected chi connectivity index (χ4v) is 19.7. The van der Waals surface area contributed by atoms with Gasteiger partial charge in [0.2, 0.25) is 7.83 Å². The molecule has 2 nitrogen and oxygen atoms in total. The molecule has 0 aromatic carbocycles. The van der Waals surface area contributed by atoms with Crippen LogP contribution in [0.2, 0.25) is 26.2 Å². The summed E-state index contributed by atoms with van der Waals surface area (Å²) in [6.45, 7) is 16.6. The SMILES string of the molecule is C=C[Si](C=C)(O[SiH3])[SiH](C)O[Si](C)(C)C. The van der Waals surface area contributed by atoms with Crippen LogP contribution in [-0.2, 0) is 8.23 Å². The van der Waals surface area contributed by atoms with Crippen molar-refractivity contribution in [1.29, 1.82) is 0 Å². The summed E-state index contributed by atoms with van der Waals surface area (Å²) in [7, 11) is -3.89. The first kappa shape index (κ1) is 14.3. The lowest BCUT2D eigenvalue weighted by molar-refractivity contribution is 0.569. The van der Waals surface area contributed by atoms with Gasteiger partial charge >= 0.3 is 0 Å². The van der Waals surface area contributed by atoms with Crippen molar-refractivity contribution in [2.45, 2.75) is 26.2 Å². The summed E-state index contributed by atoms with van der Waals surface area (Å²) in [6.07, 6.45) is 0. The smallest absolute Gasteiger partial charge is 0.240 e. The molecule has 0 amide bonds. The minimum absolute atomic E-state index is 0.744. The van der Waals surface area contributed by atoms with E-state index in [0.717, 1.165) is 10.5 Å². The lowest BCUT2D eigenvalue weighted by atomic mass is 11.2.